The Morgan fingerprint density at radius 3 is 2.86 bits per heavy atom. The average Bonchev–Trinajstić information content (AvgIpc) is 2.47. The molecule has 2 N–H and O–H groups in total. The Labute approximate surface area is 122 Å². The fourth-order valence-corrected chi connectivity index (χ4v) is 3.76. The van der Waals surface area contributed by atoms with Gasteiger partial charge in [0, 0.05) is 24.0 Å². The molecule has 0 bridgehead atoms. The standard InChI is InChI=1S/C14H16N2O4S/c17-14-6-3-10-8-12(4-5-13(10)20-14)21(18,19)16-11-2-1-7-15-9-11/h3-6,8,11,15-16H,1-2,7,9H2. The highest BCUT2D eigenvalue weighted by Gasteiger charge is 2.21. The summed E-state index contributed by atoms with van der Waals surface area (Å²) in [7, 11) is -3.57. The van der Waals surface area contributed by atoms with Crippen LogP contribution >= 0.6 is 0 Å². The third-order valence-electron chi connectivity index (χ3n) is 3.52. The average molecular weight is 308 g/mol. The van der Waals surface area contributed by atoms with E-state index in [0.717, 1.165) is 19.4 Å². The summed E-state index contributed by atoms with van der Waals surface area (Å²) in [6.07, 6.45) is 1.78. The molecule has 0 amide bonds. The van der Waals surface area contributed by atoms with Gasteiger partial charge in [-0.3, -0.25) is 0 Å². The van der Waals surface area contributed by atoms with Crippen LogP contribution < -0.4 is 15.7 Å². The Morgan fingerprint density at radius 2 is 2.10 bits per heavy atom. The number of hydrogen-bond donors (Lipinski definition) is 2. The van der Waals surface area contributed by atoms with Crippen LogP contribution in [0.2, 0.25) is 0 Å². The molecule has 112 valence electrons. The summed E-state index contributed by atoms with van der Waals surface area (Å²) in [6, 6.07) is 7.21. The van der Waals surface area contributed by atoms with Crippen molar-refractivity contribution in [2.75, 3.05) is 13.1 Å². The molecule has 1 aliphatic rings. The Kier molecular flexibility index (Phi) is 3.79. The molecule has 3 rings (SSSR count). The van der Waals surface area contributed by atoms with Gasteiger partial charge >= 0.3 is 5.63 Å². The van der Waals surface area contributed by atoms with Crippen molar-refractivity contribution in [3.63, 3.8) is 0 Å². The first-order valence-electron chi connectivity index (χ1n) is 6.81. The van der Waals surface area contributed by atoms with Crippen LogP contribution in [0.1, 0.15) is 12.8 Å². The van der Waals surface area contributed by atoms with Gasteiger partial charge in [-0.15, -0.1) is 0 Å². The van der Waals surface area contributed by atoms with Crippen molar-refractivity contribution in [3.8, 4) is 0 Å². The first kappa shape index (κ1) is 14.2. The first-order valence-corrected chi connectivity index (χ1v) is 8.30. The van der Waals surface area contributed by atoms with Crippen LogP contribution in [0, 0.1) is 0 Å². The molecule has 21 heavy (non-hydrogen) atoms. The maximum atomic E-state index is 12.4. The lowest BCUT2D eigenvalue weighted by Gasteiger charge is -2.23. The Bertz CT molecular complexity index is 807. The van der Waals surface area contributed by atoms with Crippen molar-refractivity contribution in [1.29, 1.82) is 0 Å². The second-order valence-electron chi connectivity index (χ2n) is 5.12. The van der Waals surface area contributed by atoms with E-state index in [1.54, 1.807) is 6.07 Å². The van der Waals surface area contributed by atoms with Crippen LogP contribution in [0.4, 0.5) is 0 Å². The van der Waals surface area contributed by atoms with Crippen LogP contribution in [0.3, 0.4) is 0 Å². The molecule has 1 aromatic carbocycles. The Balaban J connectivity index is 1.90. The summed E-state index contributed by atoms with van der Waals surface area (Å²) in [5, 5.41) is 3.75. The largest absolute Gasteiger partial charge is 0.423 e. The van der Waals surface area contributed by atoms with Gasteiger partial charge in [0.25, 0.3) is 0 Å². The highest BCUT2D eigenvalue weighted by atomic mass is 32.2. The van der Waals surface area contributed by atoms with Gasteiger partial charge in [0.2, 0.25) is 10.0 Å². The third-order valence-corrected chi connectivity index (χ3v) is 5.04. The molecule has 1 aliphatic heterocycles. The molecule has 0 saturated carbocycles. The molecular weight excluding hydrogens is 292 g/mol. The van der Waals surface area contributed by atoms with Crippen molar-refractivity contribution < 1.29 is 12.8 Å². The fraction of sp³-hybridized carbons (Fsp3) is 0.357. The lowest BCUT2D eigenvalue weighted by molar-refractivity contribution is 0.428. The summed E-state index contributed by atoms with van der Waals surface area (Å²) < 4.78 is 32.5. The van der Waals surface area contributed by atoms with Crippen molar-refractivity contribution >= 4 is 21.0 Å². The number of sulfonamides is 1. The second-order valence-corrected chi connectivity index (χ2v) is 6.83. The molecule has 0 aliphatic carbocycles. The molecule has 1 unspecified atom stereocenters. The number of hydrogen-bond acceptors (Lipinski definition) is 5. The van der Waals surface area contributed by atoms with E-state index >= 15 is 0 Å². The Morgan fingerprint density at radius 1 is 1.24 bits per heavy atom. The summed E-state index contributed by atoms with van der Waals surface area (Å²) in [4.78, 5) is 11.3. The number of nitrogens with one attached hydrogen (secondary N) is 2. The van der Waals surface area contributed by atoms with Gasteiger partial charge in [0.1, 0.15) is 5.58 Å². The minimum absolute atomic E-state index is 0.0897. The number of benzene rings is 1. The zero-order valence-corrected chi connectivity index (χ0v) is 12.2. The fourth-order valence-electron chi connectivity index (χ4n) is 2.46. The smallest absolute Gasteiger partial charge is 0.336 e. The number of rotatable bonds is 3. The zero-order valence-electron chi connectivity index (χ0n) is 11.3. The van der Waals surface area contributed by atoms with E-state index in [0.29, 0.717) is 17.5 Å². The van der Waals surface area contributed by atoms with E-state index in [9.17, 15) is 13.2 Å². The van der Waals surface area contributed by atoms with Gasteiger partial charge in [-0.1, -0.05) is 0 Å². The maximum absolute atomic E-state index is 12.4. The molecule has 6 nitrogen and oxygen atoms in total. The lowest BCUT2D eigenvalue weighted by Crippen LogP contribution is -2.45. The first-order chi connectivity index (χ1) is 10.0. The zero-order chi connectivity index (χ0) is 14.9. The summed E-state index contributed by atoms with van der Waals surface area (Å²) >= 11 is 0. The Hall–Kier alpha value is -1.70. The molecule has 1 saturated heterocycles. The molecule has 0 radical (unpaired) electrons. The number of piperidine rings is 1. The van der Waals surface area contributed by atoms with E-state index in [-0.39, 0.29) is 10.9 Å². The number of fused-ring (bicyclic) bond motifs is 1. The van der Waals surface area contributed by atoms with E-state index in [1.807, 2.05) is 0 Å². The van der Waals surface area contributed by atoms with Crippen LogP contribution in [0.25, 0.3) is 11.0 Å². The molecule has 1 atom stereocenters. The topological polar surface area (TPSA) is 88.4 Å². The second kappa shape index (κ2) is 5.59. The molecule has 7 heteroatoms. The van der Waals surface area contributed by atoms with Gasteiger partial charge in [-0.25, -0.2) is 17.9 Å². The SMILES string of the molecule is O=c1ccc2cc(S(=O)(=O)NC3CCCNC3)ccc2o1. The van der Waals surface area contributed by atoms with E-state index in [4.69, 9.17) is 4.42 Å². The van der Waals surface area contributed by atoms with Crippen molar-refractivity contribution in [1.82, 2.24) is 10.0 Å². The molecule has 1 fully saturated rings. The van der Waals surface area contributed by atoms with Gasteiger partial charge in [-0.05, 0) is 43.7 Å². The van der Waals surface area contributed by atoms with Crippen LogP contribution in [-0.4, -0.2) is 27.5 Å². The summed E-state index contributed by atoms with van der Waals surface area (Å²) in [5.41, 5.74) is -0.0784. The van der Waals surface area contributed by atoms with E-state index in [2.05, 4.69) is 10.0 Å². The van der Waals surface area contributed by atoms with Gasteiger partial charge < -0.3 is 9.73 Å². The predicted octanol–water partition coefficient (Wildman–Crippen LogP) is 0.823. The van der Waals surface area contributed by atoms with Gasteiger partial charge in [0.15, 0.2) is 0 Å². The summed E-state index contributed by atoms with van der Waals surface area (Å²) in [5.74, 6) is 0. The predicted molar refractivity (Wildman–Crippen MR) is 78.7 cm³/mol. The molecule has 0 spiro atoms. The van der Waals surface area contributed by atoms with E-state index in [1.165, 1.54) is 24.3 Å². The third kappa shape index (κ3) is 3.15. The highest BCUT2D eigenvalue weighted by molar-refractivity contribution is 7.89. The molecule has 1 aromatic heterocycles. The molecule has 2 aromatic rings. The lowest BCUT2D eigenvalue weighted by atomic mass is 10.1. The van der Waals surface area contributed by atoms with Crippen LogP contribution in [0.15, 0.2) is 44.4 Å². The van der Waals surface area contributed by atoms with Crippen molar-refractivity contribution in [3.05, 3.63) is 40.8 Å². The normalized spacial score (nSPS) is 19.7. The summed E-state index contributed by atoms with van der Waals surface area (Å²) in [6.45, 7) is 1.56. The minimum Gasteiger partial charge on any atom is -0.423 e. The quantitative estimate of drug-likeness (QED) is 0.820. The van der Waals surface area contributed by atoms with Crippen LogP contribution in [0.5, 0.6) is 0 Å². The van der Waals surface area contributed by atoms with Crippen molar-refractivity contribution in [2.45, 2.75) is 23.8 Å². The van der Waals surface area contributed by atoms with Crippen molar-refractivity contribution in [2.24, 2.45) is 0 Å². The molecule has 2 heterocycles. The minimum atomic E-state index is -3.57. The maximum Gasteiger partial charge on any atom is 0.336 e. The highest BCUT2D eigenvalue weighted by Crippen LogP contribution is 2.18. The van der Waals surface area contributed by atoms with Crippen LogP contribution in [-0.2, 0) is 10.0 Å². The molecular formula is C14H16N2O4S. The van der Waals surface area contributed by atoms with E-state index < -0.39 is 15.6 Å². The van der Waals surface area contributed by atoms with Gasteiger partial charge in [-0.2, -0.15) is 0 Å². The monoisotopic (exact) mass is 308 g/mol. The van der Waals surface area contributed by atoms with Gasteiger partial charge in [0.05, 0.1) is 4.90 Å².